The number of rotatable bonds is 6. The molecule has 1 aliphatic carbocycles. The number of carboxylic acid groups (broad SMARTS) is 1. The van der Waals surface area contributed by atoms with Crippen LogP contribution in [0.5, 0.6) is 0 Å². The number of carbonyl (C=O) groups is 1. The summed E-state index contributed by atoms with van der Waals surface area (Å²) < 4.78 is 26.6. The average molecular weight is 316 g/mol. The zero-order valence-corrected chi connectivity index (χ0v) is 12.2. The topological polar surface area (TPSA) is 74.7 Å². The van der Waals surface area contributed by atoms with Gasteiger partial charge in [-0.05, 0) is 31.0 Å². The maximum absolute atomic E-state index is 12.6. The first kappa shape index (κ1) is 15.0. The van der Waals surface area contributed by atoms with Gasteiger partial charge in [0.05, 0.1) is 10.5 Å². The lowest BCUT2D eigenvalue weighted by atomic mass is 10.2. The molecular formula is C13H14ClNO4S. The van der Waals surface area contributed by atoms with Crippen LogP contribution in [-0.4, -0.2) is 36.4 Å². The number of hydrogen-bond acceptors (Lipinski definition) is 3. The number of carboxylic acids is 1. The van der Waals surface area contributed by atoms with Crippen LogP contribution in [0.4, 0.5) is 0 Å². The molecule has 1 N–H and O–H groups in total. The molecule has 1 fully saturated rings. The fourth-order valence-electron chi connectivity index (χ4n) is 1.95. The summed E-state index contributed by atoms with van der Waals surface area (Å²) in [5.74, 6) is -1.30. The van der Waals surface area contributed by atoms with E-state index in [1.165, 1.54) is 28.6 Å². The molecule has 0 aliphatic heterocycles. The Bertz CT molecular complexity index is 652. The third-order valence-electron chi connectivity index (χ3n) is 3.02. The third kappa shape index (κ3) is 2.87. The minimum atomic E-state index is -3.90. The molecule has 0 aromatic heterocycles. The van der Waals surface area contributed by atoms with Crippen LogP contribution in [0.25, 0.3) is 0 Å². The van der Waals surface area contributed by atoms with E-state index >= 15 is 0 Å². The molecule has 2 rings (SSSR count). The first-order valence-electron chi connectivity index (χ1n) is 6.03. The van der Waals surface area contributed by atoms with Crippen molar-refractivity contribution in [3.8, 4) is 0 Å². The van der Waals surface area contributed by atoms with Crippen molar-refractivity contribution in [3.63, 3.8) is 0 Å². The monoisotopic (exact) mass is 315 g/mol. The minimum absolute atomic E-state index is 0.0846. The Morgan fingerprint density at radius 2 is 2.15 bits per heavy atom. The second kappa shape index (κ2) is 5.55. The van der Waals surface area contributed by atoms with Gasteiger partial charge in [0, 0.05) is 17.6 Å². The number of aromatic carboxylic acids is 1. The Morgan fingerprint density at radius 3 is 2.65 bits per heavy atom. The molecule has 108 valence electrons. The summed E-state index contributed by atoms with van der Waals surface area (Å²) in [7, 11) is -3.90. The summed E-state index contributed by atoms with van der Waals surface area (Å²) in [5.41, 5.74) is -0.274. The molecule has 0 saturated heterocycles. The zero-order valence-electron chi connectivity index (χ0n) is 10.6. The van der Waals surface area contributed by atoms with Crippen molar-refractivity contribution in [1.29, 1.82) is 0 Å². The minimum Gasteiger partial charge on any atom is -0.478 e. The van der Waals surface area contributed by atoms with E-state index in [2.05, 4.69) is 6.58 Å². The van der Waals surface area contributed by atoms with E-state index in [-0.39, 0.29) is 28.1 Å². The Balaban J connectivity index is 2.55. The standard InChI is InChI=1S/C13H14ClNO4S/c1-2-7-15(10-4-5-10)20(18,19)12-8-9(14)3-6-11(12)13(16)17/h2-3,6,8,10H,1,4-5,7H2,(H,16,17). The van der Waals surface area contributed by atoms with Gasteiger partial charge in [-0.25, -0.2) is 13.2 Å². The van der Waals surface area contributed by atoms with E-state index < -0.39 is 16.0 Å². The normalized spacial score (nSPS) is 15.3. The van der Waals surface area contributed by atoms with Gasteiger partial charge in [0.25, 0.3) is 0 Å². The van der Waals surface area contributed by atoms with E-state index in [1.807, 2.05) is 0 Å². The van der Waals surface area contributed by atoms with Gasteiger partial charge >= 0.3 is 5.97 Å². The third-order valence-corrected chi connectivity index (χ3v) is 5.22. The van der Waals surface area contributed by atoms with Crippen LogP contribution in [0.15, 0.2) is 35.7 Å². The van der Waals surface area contributed by atoms with Crippen LogP contribution in [0.2, 0.25) is 5.02 Å². The Hall–Kier alpha value is -1.37. The molecule has 1 saturated carbocycles. The van der Waals surface area contributed by atoms with Crippen LogP contribution in [0, 0.1) is 0 Å². The summed E-state index contributed by atoms with van der Waals surface area (Å²) in [6.45, 7) is 3.70. The largest absolute Gasteiger partial charge is 0.478 e. The molecule has 7 heteroatoms. The van der Waals surface area contributed by atoms with Crippen LogP contribution in [0.3, 0.4) is 0 Å². The molecule has 5 nitrogen and oxygen atoms in total. The van der Waals surface area contributed by atoms with Crippen LogP contribution in [-0.2, 0) is 10.0 Å². The first-order valence-corrected chi connectivity index (χ1v) is 7.85. The van der Waals surface area contributed by atoms with Crippen molar-refractivity contribution in [2.75, 3.05) is 6.54 Å². The summed E-state index contributed by atoms with van der Waals surface area (Å²) in [5, 5.41) is 9.32. The van der Waals surface area contributed by atoms with Gasteiger partial charge in [0.2, 0.25) is 10.0 Å². The van der Waals surface area contributed by atoms with Gasteiger partial charge in [0.15, 0.2) is 0 Å². The highest BCUT2D eigenvalue weighted by atomic mass is 35.5. The van der Waals surface area contributed by atoms with E-state index in [0.717, 1.165) is 12.8 Å². The predicted molar refractivity (Wildman–Crippen MR) is 75.5 cm³/mol. The highest BCUT2D eigenvalue weighted by Crippen LogP contribution is 2.33. The molecule has 0 spiro atoms. The molecule has 1 aromatic carbocycles. The second-order valence-electron chi connectivity index (χ2n) is 4.54. The Morgan fingerprint density at radius 1 is 1.50 bits per heavy atom. The summed E-state index contributed by atoms with van der Waals surface area (Å²) in [4.78, 5) is 10.9. The molecule has 0 unspecified atom stereocenters. The van der Waals surface area contributed by atoms with Crippen molar-refractivity contribution < 1.29 is 18.3 Å². The Labute approximate surface area is 122 Å². The van der Waals surface area contributed by atoms with Crippen molar-refractivity contribution in [2.45, 2.75) is 23.8 Å². The highest BCUT2D eigenvalue weighted by molar-refractivity contribution is 7.89. The van der Waals surface area contributed by atoms with E-state index in [1.54, 1.807) is 0 Å². The number of sulfonamides is 1. The molecule has 1 aromatic rings. The van der Waals surface area contributed by atoms with E-state index in [4.69, 9.17) is 16.7 Å². The lowest BCUT2D eigenvalue weighted by Crippen LogP contribution is -2.34. The number of hydrogen-bond donors (Lipinski definition) is 1. The van der Waals surface area contributed by atoms with Crippen LogP contribution < -0.4 is 0 Å². The maximum Gasteiger partial charge on any atom is 0.337 e. The smallest absolute Gasteiger partial charge is 0.337 e. The molecule has 0 bridgehead atoms. The summed E-state index contributed by atoms with van der Waals surface area (Å²) in [6.07, 6.45) is 3.03. The predicted octanol–water partition coefficient (Wildman–Crippen LogP) is 2.38. The number of benzene rings is 1. The van der Waals surface area contributed by atoms with Gasteiger partial charge in [-0.15, -0.1) is 6.58 Å². The molecule has 1 aliphatic rings. The highest BCUT2D eigenvalue weighted by Gasteiger charge is 2.38. The SMILES string of the molecule is C=CCN(C1CC1)S(=O)(=O)c1cc(Cl)ccc1C(=O)O. The maximum atomic E-state index is 12.6. The second-order valence-corrected chi connectivity index (χ2v) is 6.84. The molecule has 0 amide bonds. The average Bonchev–Trinajstić information content (AvgIpc) is 3.19. The van der Waals surface area contributed by atoms with Gasteiger partial charge in [-0.1, -0.05) is 17.7 Å². The fourth-order valence-corrected chi connectivity index (χ4v) is 4.05. The van der Waals surface area contributed by atoms with Crippen molar-refractivity contribution in [3.05, 3.63) is 41.4 Å². The summed E-state index contributed by atoms with van der Waals surface area (Å²) >= 11 is 5.81. The van der Waals surface area contributed by atoms with Crippen molar-refractivity contribution >= 4 is 27.6 Å². The number of nitrogens with zero attached hydrogens (tertiary/aromatic N) is 1. The van der Waals surface area contributed by atoms with E-state index in [9.17, 15) is 13.2 Å². The lowest BCUT2D eigenvalue weighted by molar-refractivity contribution is 0.0692. The molecule has 0 radical (unpaired) electrons. The van der Waals surface area contributed by atoms with Gasteiger partial charge < -0.3 is 5.11 Å². The van der Waals surface area contributed by atoms with Crippen molar-refractivity contribution in [2.24, 2.45) is 0 Å². The molecule has 0 atom stereocenters. The first-order chi connectivity index (χ1) is 9.37. The van der Waals surface area contributed by atoms with E-state index in [0.29, 0.717) is 0 Å². The molecular weight excluding hydrogens is 302 g/mol. The fraction of sp³-hybridized carbons (Fsp3) is 0.308. The summed E-state index contributed by atoms with van der Waals surface area (Å²) in [6, 6.07) is 3.66. The van der Waals surface area contributed by atoms with Gasteiger partial charge in [-0.2, -0.15) is 4.31 Å². The molecule has 20 heavy (non-hydrogen) atoms. The quantitative estimate of drug-likeness (QED) is 0.818. The van der Waals surface area contributed by atoms with Crippen molar-refractivity contribution in [1.82, 2.24) is 4.31 Å². The molecule has 0 heterocycles. The number of halogens is 1. The van der Waals surface area contributed by atoms with Crippen LogP contribution >= 0.6 is 11.6 Å². The Kier molecular flexibility index (Phi) is 4.17. The van der Waals surface area contributed by atoms with Gasteiger partial charge in [0.1, 0.15) is 0 Å². The zero-order chi connectivity index (χ0) is 14.9. The van der Waals surface area contributed by atoms with Crippen LogP contribution in [0.1, 0.15) is 23.2 Å². The lowest BCUT2D eigenvalue weighted by Gasteiger charge is -2.21. The van der Waals surface area contributed by atoms with Gasteiger partial charge in [-0.3, -0.25) is 0 Å².